The summed E-state index contributed by atoms with van der Waals surface area (Å²) in [5.74, 6) is 5.94. The van der Waals surface area contributed by atoms with Crippen molar-refractivity contribution in [1.29, 1.82) is 0 Å². The minimum Gasteiger partial charge on any atom is -0.396 e. The van der Waals surface area contributed by atoms with Crippen molar-refractivity contribution in [2.75, 3.05) is 26.2 Å². The lowest BCUT2D eigenvalue weighted by atomic mass is 10.1. The highest BCUT2D eigenvalue weighted by Gasteiger charge is 2.27. The average molecular weight is 405 g/mol. The maximum absolute atomic E-state index is 9.74. The summed E-state index contributed by atoms with van der Waals surface area (Å²) >= 11 is 3.44. The third-order valence-corrected chi connectivity index (χ3v) is 6.37. The number of thiophene rings is 2. The molecule has 6 heteroatoms. The lowest BCUT2D eigenvalue weighted by Crippen LogP contribution is -2.52. The molecule has 1 atom stereocenters. The first-order valence-corrected chi connectivity index (χ1v) is 11.1. The predicted molar refractivity (Wildman–Crippen MR) is 113 cm³/mol. The number of aliphatic hydroxyl groups excluding tert-OH is 1. The van der Waals surface area contributed by atoms with Crippen molar-refractivity contribution in [2.24, 2.45) is 0 Å². The Labute approximate surface area is 170 Å². The molecule has 0 spiro atoms. The number of aliphatic hydroxyl groups is 2. The maximum Gasteiger partial charge on any atom is 0.120 e. The van der Waals surface area contributed by atoms with E-state index in [2.05, 4.69) is 44.5 Å². The second-order valence-corrected chi connectivity index (χ2v) is 9.53. The summed E-state index contributed by atoms with van der Waals surface area (Å²) < 4.78 is 0. The lowest BCUT2D eigenvalue weighted by Gasteiger charge is -2.41. The Hall–Kier alpha value is -1.20. The minimum atomic E-state index is -0.958. The Morgan fingerprint density at radius 3 is 2.78 bits per heavy atom. The Morgan fingerprint density at radius 2 is 2.07 bits per heavy atom. The summed E-state index contributed by atoms with van der Waals surface area (Å²) in [6.45, 7) is 8.56. The molecule has 1 aliphatic rings. The Bertz CT molecular complexity index is 768. The van der Waals surface area contributed by atoms with Crippen molar-refractivity contribution in [3.8, 4) is 11.8 Å². The summed E-state index contributed by atoms with van der Waals surface area (Å²) in [6.07, 6.45) is 0.813. The van der Waals surface area contributed by atoms with E-state index in [0.29, 0.717) is 6.04 Å². The molecule has 0 amide bonds. The van der Waals surface area contributed by atoms with Gasteiger partial charge in [0, 0.05) is 50.2 Å². The SMILES string of the molecule is CC(C)(O)C#Cc1ccc(CN2CCN(Cc3ccsc3)[C@@H](CCO)C2)s1. The highest BCUT2D eigenvalue weighted by molar-refractivity contribution is 7.12. The standard InChI is InChI=1S/C21H28N2O2S2/c1-21(2,25)8-5-19-3-4-20(27-19)15-22-9-10-23(18(14-22)6-11-24)13-17-7-12-26-16-17/h3-4,7,12,16,18,24-25H,6,9-11,13-15H2,1-2H3/t18-/m0/s1. The van der Waals surface area contributed by atoms with Crippen molar-refractivity contribution in [3.63, 3.8) is 0 Å². The van der Waals surface area contributed by atoms with E-state index in [-0.39, 0.29) is 6.61 Å². The van der Waals surface area contributed by atoms with E-state index in [0.717, 1.165) is 44.0 Å². The van der Waals surface area contributed by atoms with E-state index in [4.69, 9.17) is 0 Å². The Morgan fingerprint density at radius 1 is 1.22 bits per heavy atom. The molecule has 2 aromatic heterocycles. The quantitative estimate of drug-likeness (QED) is 0.727. The van der Waals surface area contributed by atoms with E-state index in [1.54, 1.807) is 36.5 Å². The van der Waals surface area contributed by atoms with Crippen LogP contribution in [-0.4, -0.2) is 57.9 Å². The highest BCUT2D eigenvalue weighted by atomic mass is 32.1. The van der Waals surface area contributed by atoms with Crippen LogP contribution in [-0.2, 0) is 13.1 Å². The molecule has 146 valence electrons. The van der Waals surface area contributed by atoms with Gasteiger partial charge in [0.2, 0.25) is 0 Å². The van der Waals surface area contributed by atoms with E-state index in [1.807, 2.05) is 6.07 Å². The van der Waals surface area contributed by atoms with Crippen LogP contribution in [0.2, 0.25) is 0 Å². The van der Waals surface area contributed by atoms with E-state index in [9.17, 15) is 10.2 Å². The van der Waals surface area contributed by atoms with Gasteiger partial charge >= 0.3 is 0 Å². The summed E-state index contributed by atoms with van der Waals surface area (Å²) in [5.41, 5.74) is 0.408. The molecule has 3 heterocycles. The van der Waals surface area contributed by atoms with Crippen LogP contribution < -0.4 is 0 Å². The molecule has 0 aliphatic carbocycles. The maximum atomic E-state index is 9.74. The van der Waals surface area contributed by atoms with Crippen LogP contribution in [0.5, 0.6) is 0 Å². The van der Waals surface area contributed by atoms with Crippen LogP contribution in [0.25, 0.3) is 0 Å². The molecule has 1 saturated heterocycles. The molecule has 0 aromatic carbocycles. The van der Waals surface area contributed by atoms with Crippen molar-refractivity contribution >= 4 is 22.7 Å². The van der Waals surface area contributed by atoms with Gasteiger partial charge in [0.25, 0.3) is 0 Å². The second-order valence-electron chi connectivity index (χ2n) is 7.58. The zero-order valence-electron chi connectivity index (χ0n) is 16.0. The molecular weight excluding hydrogens is 376 g/mol. The monoisotopic (exact) mass is 404 g/mol. The van der Waals surface area contributed by atoms with Gasteiger partial charge in [-0.05, 0) is 54.8 Å². The molecular formula is C21H28N2O2S2. The normalized spacial score (nSPS) is 19.0. The topological polar surface area (TPSA) is 46.9 Å². The van der Waals surface area contributed by atoms with E-state index < -0.39 is 5.60 Å². The van der Waals surface area contributed by atoms with E-state index >= 15 is 0 Å². The molecule has 2 N–H and O–H groups in total. The van der Waals surface area contributed by atoms with Crippen LogP contribution >= 0.6 is 22.7 Å². The lowest BCUT2D eigenvalue weighted by molar-refractivity contribution is 0.0505. The number of hydrogen-bond donors (Lipinski definition) is 2. The first-order valence-electron chi connectivity index (χ1n) is 9.35. The van der Waals surface area contributed by atoms with Gasteiger partial charge in [-0.15, -0.1) is 11.3 Å². The fourth-order valence-corrected chi connectivity index (χ4v) is 4.88. The van der Waals surface area contributed by atoms with Crippen molar-refractivity contribution in [1.82, 2.24) is 9.80 Å². The molecule has 1 fully saturated rings. The molecule has 0 radical (unpaired) electrons. The third kappa shape index (κ3) is 6.42. The minimum absolute atomic E-state index is 0.230. The summed E-state index contributed by atoms with van der Waals surface area (Å²) in [5, 5.41) is 23.6. The fourth-order valence-electron chi connectivity index (χ4n) is 3.31. The van der Waals surface area contributed by atoms with Crippen molar-refractivity contribution in [2.45, 2.75) is 45.0 Å². The van der Waals surface area contributed by atoms with Gasteiger partial charge in [0.15, 0.2) is 0 Å². The molecule has 3 rings (SSSR count). The third-order valence-electron chi connectivity index (χ3n) is 4.65. The van der Waals surface area contributed by atoms with Gasteiger partial charge in [-0.1, -0.05) is 11.8 Å². The highest BCUT2D eigenvalue weighted by Crippen LogP contribution is 2.22. The van der Waals surface area contributed by atoms with Crippen LogP contribution in [0, 0.1) is 11.8 Å². The summed E-state index contributed by atoms with van der Waals surface area (Å²) in [4.78, 5) is 7.27. The van der Waals surface area contributed by atoms with Gasteiger partial charge in [-0.25, -0.2) is 0 Å². The van der Waals surface area contributed by atoms with Crippen molar-refractivity contribution in [3.05, 3.63) is 44.3 Å². The Kier molecular flexibility index (Phi) is 7.10. The van der Waals surface area contributed by atoms with Gasteiger partial charge in [0.05, 0.1) is 4.88 Å². The molecule has 1 aliphatic heterocycles. The molecule has 2 aromatic rings. The van der Waals surface area contributed by atoms with Gasteiger partial charge in [0.1, 0.15) is 5.60 Å². The van der Waals surface area contributed by atoms with Crippen molar-refractivity contribution < 1.29 is 10.2 Å². The fraction of sp³-hybridized carbons (Fsp3) is 0.524. The number of rotatable bonds is 6. The Balaban J connectivity index is 1.58. The number of nitrogens with zero attached hydrogens (tertiary/aromatic N) is 2. The predicted octanol–water partition coefficient (Wildman–Crippen LogP) is 3.00. The van der Waals surface area contributed by atoms with Gasteiger partial charge in [-0.2, -0.15) is 11.3 Å². The number of piperazine rings is 1. The smallest absolute Gasteiger partial charge is 0.120 e. The molecule has 0 bridgehead atoms. The van der Waals surface area contributed by atoms with E-state index in [1.165, 1.54) is 10.4 Å². The van der Waals surface area contributed by atoms with Crippen LogP contribution in [0.4, 0.5) is 0 Å². The summed E-state index contributed by atoms with van der Waals surface area (Å²) in [6, 6.07) is 6.75. The molecule has 27 heavy (non-hydrogen) atoms. The van der Waals surface area contributed by atoms with Crippen LogP contribution in [0.1, 0.15) is 35.6 Å². The van der Waals surface area contributed by atoms with Crippen LogP contribution in [0.15, 0.2) is 29.0 Å². The zero-order chi connectivity index (χ0) is 19.3. The van der Waals surface area contributed by atoms with Gasteiger partial charge < -0.3 is 10.2 Å². The number of hydrogen-bond acceptors (Lipinski definition) is 6. The zero-order valence-corrected chi connectivity index (χ0v) is 17.7. The average Bonchev–Trinajstić information content (AvgIpc) is 3.27. The van der Waals surface area contributed by atoms with Crippen LogP contribution in [0.3, 0.4) is 0 Å². The largest absolute Gasteiger partial charge is 0.396 e. The molecule has 0 saturated carbocycles. The van der Waals surface area contributed by atoms with Gasteiger partial charge in [-0.3, -0.25) is 9.80 Å². The first-order chi connectivity index (χ1) is 12.9. The second kappa shape index (κ2) is 9.33. The first kappa shape index (κ1) is 20.5. The summed E-state index contributed by atoms with van der Waals surface area (Å²) in [7, 11) is 0. The molecule has 4 nitrogen and oxygen atoms in total. The molecule has 0 unspecified atom stereocenters.